The second-order valence-electron chi connectivity index (χ2n) is 6.70. The van der Waals surface area contributed by atoms with Gasteiger partial charge in [-0.3, -0.25) is 9.59 Å². The number of rotatable bonds is 4. The van der Waals surface area contributed by atoms with E-state index in [0.29, 0.717) is 12.2 Å². The Morgan fingerprint density at radius 1 is 1.20 bits per heavy atom. The van der Waals surface area contributed by atoms with Crippen molar-refractivity contribution >= 4 is 27.6 Å². The number of carbonyl (C=O) groups excluding carboxylic acids is 1. The van der Waals surface area contributed by atoms with Crippen LogP contribution in [-0.2, 0) is 19.6 Å². The minimum absolute atomic E-state index is 0.0186. The topological polar surface area (TPSA) is 95.0 Å². The minimum atomic E-state index is -3.55. The number of hydrogen-bond acceptors (Lipinski definition) is 4. The van der Waals surface area contributed by atoms with E-state index in [1.807, 2.05) is 6.92 Å². The van der Waals surface area contributed by atoms with Crippen LogP contribution in [0, 0.1) is 5.92 Å². The maximum atomic E-state index is 12.8. The highest BCUT2D eigenvalue weighted by Crippen LogP contribution is 2.29. The zero-order valence-electron chi connectivity index (χ0n) is 14.1. The van der Waals surface area contributed by atoms with Gasteiger partial charge in [0, 0.05) is 31.2 Å². The van der Waals surface area contributed by atoms with Crippen molar-refractivity contribution in [2.75, 3.05) is 18.0 Å². The molecule has 0 aliphatic carbocycles. The minimum Gasteiger partial charge on any atom is -0.481 e. The van der Waals surface area contributed by atoms with Crippen molar-refractivity contribution in [1.82, 2.24) is 4.31 Å². The molecule has 1 aromatic rings. The Balaban J connectivity index is 1.80. The first-order valence-corrected chi connectivity index (χ1v) is 9.90. The van der Waals surface area contributed by atoms with Crippen LogP contribution < -0.4 is 4.90 Å². The highest BCUT2D eigenvalue weighted by Gasteiger charge is 2.35. The fraction of sp³-hybridized carbons (Fsp3) is 0.529. The average molecular weight is 366 g/mol. The summed E-state index contributed by atoms with van der Waals surface area (Å²) >= 11 is 0. The SMILES string of the molecule is C[C@H]1CCCCN1S(=O)(=O)c1ccc(N2C[C@H](C(=O)O)CC2=O)cc1. The van der Waals surface area contributed by atoms with Crippen molar-refractivity contribution in [1.29, 1.82) is 0 Å². The average Bonchev–Trinajstić information content (AvgIpc) is 2.97. The number of hydrogen-bond donors (Lipinski definition) is 1. The first-order chi connectivity index (χ1) is 11.8. The Morgan fingerprint density at radius 3 is 2.44 bits per heavy atom. The summed E-state index contributed by atoms with van der Waals surface area (Å²) in [5.41, 5.74) is 0.527. The molecule has 2 heterocycles. The Kier molecular flexibility index (Phi) is 4.83. The number of amides is 1. The summed E-state index contributed by atoms with van der Waals surface area (Å²) in [5.74, 6) is -1.97. The lowest BCUT2D eigenvalue weighted by Crippen LogP contribution is -2.41. The zero-order valence-corrected chi connectivity index (χ0v) is 14.9. The molecule has 2 fully saturated rings. The Hall–Kier alpha value is -1.93. The first kappa shape index (κ1) is 17.9. The highest BCUT2D eigenvalue weighted by atomic mass is 32.2. The molecule has 7 nitrogen and oxygen atoms in total. The predicted molar refractivity (Wildman–Crippen MR) is 91.7 cm³/mol. The van der Waals surface area contributed by atoms with Crippen LogP contribution in [0.5, 0.6) is 0 Å². The third kappa shape index (κ3) is 3.41. The molecule has 1 aromatic carbocycles. The molecule has 2 aliphatic rings. The van der Waals surface area contributed by atoms with Gasteiger partial charge in [-0.05, 0) is 44.0 Å². The molecule has 1 amide bonds. The van der Waals surface area contributed by atoms with Crippen molar-refractivity contribution in [3.05, 3.63) is 24.3 Å². The molecule has 0 bridgehead atoms. The number of nitrogens with zero attached hydrogens (tertiary/aromatic N) is 2. The maximum absolute atomic E-state index is 12.8. The van der Waals surface area contributed by atoms with E-state index in [0.717, 1.165) is 19.3 Å². The maximum Gasteiger partial charge on any atom is 0.308 e. The van der Waals surface area contributed by atoms with E-state index in [4.69, 9.17) is 5.11 Å². The molecule has 0 aromatic heterocycles. The monoisotopic (exact) mass is 366 g/mol. The van der Waals surface area contributed by atoms with Crippen LogP contribution in [-0.4, -0.2) is 48.8 Å². The molecule has 25 heavy (non-hydrogen) atoms. The molecule has 0 saturated carbocycles. The predicted octanol–water partition coefficient (Wildman–Crippen LogP) is 1.69. The summed E-state index contributed by atoms with van der Waals surface area (Å²) in [4.78, 5) is 24.7. The van der Waals surface area contributed by atoms with E-state index in [9.17, 15) is 18.0 Å². The first-order valence-electron chi connectivity index (χ1n) is 8.46. The number of carboxylic acid groups (broad SMARTS) is 1. The smallest absolute Gasteiger partial charge is 0.308 e. The van der Waals surface area contributed by atoms with Crippen LogP contribution in [0.1, 0.15) is 32.6 Å². The van der Waals surface area contributed by atoms with Gasteiger partial charge in [-0.1, -0.05) is 6.42 Å². The van der Waals surface area contributed by atoms with Crippen molar-refractivity contribution in [3.8, 4) is 0 Å². The van der Waals surface area contributed by atoms with Crippen molar-refractivity contribution in [3.63, 3.8) is 0 Å². The summed E-state index contributed by atoms with van der Waals surface area (Å²) in [5, 5.41) is 9.05. The molecule has 2 atom stereocenters. The van der Waals surface area contributed by atoms with Gasteiger partial charge >= 0.3 is 5.97 Å². The normalized spacial score (nSPS) is 25.3. The molecule has 8 heteroatoms. The largest absolute Gasteiger partial charge is 0.481 e. The van der Waals surface area contributed by atoms with E-state index in [-0.39, 0.29) is 29.8 Å². The van der Waals surface area contributed by atoms with Crippen molar-refractivity contribution in [2.45, 2.75) is 43.5 Å². The Bertz CT molecular complexity index is 775. The molecular formula is C17H22N2O5S. The van der Waals surface area contributed by atoms with Gasteiger partial charge in [0.05, 0.1) is 10.8 Å². The number of carbonyl (C=O) groups is 2. The molecule has 0 spiro atoms. The Labute approximate surface area is 147 Å². The number of anilines is 1. The molecule has 2 saturated heterocycles. The van der Waals surface area contributed by atoms with Crippen LogP contribution in [0.3, 0.4) is 0 Å². The molecule has 3 rings (SSSR count). The van der Waals surface area contributed by atoms with Gasteiger partial charge in [0.2, 0.25) is 15.9 Å². The summed E-state index contributed by atoms with van der Waals surface area (Å²) in [6, 6.07) is 6.11. The fourth-order valence-electron chi connectivity index (χ4n) is 3.48. The third-order valence-electron chi connectivity index (χ3n) is 4.97. The quantitative estimate of drug-likeness (QED) is 0.875. The standard InChI is InChI=1S/C17H22N2O5S/c1-12-4-2-3-9-19(12)25(23,24)15-7-5-14(6-8-15)18-11-13(17(21)22)10-16(18)20/h5-8,12-13H,2-4,9-11H2,1H3,(H,21,22)/t12-,13+/m0/s1. The summed E-state index contributed by atoms with van der Waals surface area (Å²) in [6.45, 7) is 2.56. The lowest BCUT2D eigenvalue weighted by molar-refractivity contribution is -0.141. The number of carboxylic acids is 1. The number of aliphatic carboxylic acids is 1. The van der Waals surface area contributed by atoms with Gasteiger partial charge in [-0.15, -0.1) is 0 Å². The second kappa shape index (κ2) is 6.76. The molecule has 0 radical (unpaired) electrons. The van der Waals surface area contributed by atoms with E-state index in [1.165, 1.54) is 21.3 Å². The van der Waals surface area contributed by atoms with Crippen LogP contribution in [0.15, 0.2) is 29.2 Å². The zero-order chi connectivity index (χ0) is 18.2. The molecule has 136 valence electrons. The molecule has 0 unspecified atom stereocenters. The van der Waals surface area contributed by atoms with E-state index >= 15 is 0 Å². The Morgan fingerprint density at radius 2 is 1.88 bits per heavy atom. The van der Waals surface area contributed by atoms with Crippen LogP contribution in [0.4, 0.5) is 5.69 Å². The fourth-order valence-corrected chi connectivity index (χ4v) is 5.18. The summed E-state index contributed by atoms with van der Waals surface area (Å²) in [7, 11) is -3.55. The van der Waals surface area contributed by atoms with Gasteiger partial charge in [0.15, 0.2) is 0 Å². The van der Waals surface area contributed by atoms with Crippen molar-refractivity contribution < 1.29 is 23.1 Å². The lowest BCUT2D eigenvalue weighted by Gasteiger charge is -2.32. The third-order valence-corrected chi connectivity index (χ3v) is 7.00. The van der Waals surface area contributed by atoms with E-state index in [2.05, 4.69) is 0 Å². The number of piperidine rings is 1. The summed E-state index contributed by atoms with van der Waals surface area (Å²) < 4.78 is 27.1. The summed E-state index contributed by atoms with van der Waals surface area (Å²) in [6.07, 6.45) is 2.73. The second-order valence-corrected chi connectivity index (χ2v) is 8.59. The van der Waals surface area contributed by atoms with Crippen molar-refractivity contribution in [2.24, 2.45) is 5.92 Å². The van der Waals surface area contributed by atoms with Gasteiger partial charge in [0.25, 0.3) is 0 Å². The van der Waals surface area contributed by atoms with E-state index in [1.54, 1.807) is 12.1 Å². The van der Waals surface area contributed by atoms with Gasteiger partial charge < -0.3 is 10.0 Å². The number of benzene rings is 1. The molecule has 1 N–H and O–H groups in total. The van der Waals surface area contributed by atoms with E-state index < -0.39 is 21.9 Å². The molecule has 2 aliphatic heterocycles. The number of sulfonamides is 1. The highest BCUT2D eigenvalue weighted by molar-refractivity contribution is 7.89. The van der Waals surface area contributed by atoms with Crippen LogP contribution in [0.2, 0.25) is 0 Å². The van der Waals surface area contributed by atoms with Gasteiger partial charge in [-0.25, -0.2) is 8.42 Å². The lowest BCUT2D eigenvalue weighted by atomic mass is 10.1. The molecular weight excluding hydrogens is 344 g/mol. The van der Waals surface area contributed by atoms with Gasteiger partial charge in [-0.2, -0.15) is 4.31 Å². The van der Waals surface area contributed by atoms with Crippen LogP contribution in [0.25, 0.3) is 0 Å². The van der Waals surface area contributed by atoms with Gasteiger partial charge in [0.1, 0.15) is 0 Å². The van der Waals surface area contributed by atoms with Crippen LogP contribution >= 0.6 is 0 Å².